The Morgan fingerprint density at radius 3 is 2.93 bits per heavy atom. The number of rotatable bonds is 6. The van der Waals surface area contributed by atoms with Crippen molar-refractivity contribution in [1.29, 1.82) is 0 Å². The van der Waals surface area contributed by atoms with Gasteiger partial charge in [-0.2, -0.15) is 0 Å². The van der Waals surface area contributed by atoms with Crippen LogP contribution >= 0.6 is 0 Å². The van der Waals surface area contributed by atoms with Gasteiger partial charge in [-0.1, -0.05) is 6.92 Å². The van der Waals surface area contributed by atoms with E-state index in [0.29, 0.717) is 0 Å². The van der Waals surface area contributed by atoms with Crippen LogP contribution in [0.3, 0.4) is 0 Å². The van der Waals surface area contributed by atoms with Crippen molar-refractivity contribution in [3.05, 3.63) is 18.2 Å². The molecule has 4 heteroatoms. The minimum Gasteiger partial charge on any atom is -0.395 e. The van der Waals surface area contributed by atoms with Crippen LogP contribution in [0.1, 0.15) is 26.0 Å². The van der Waals surface area contributed by atoms with E-state index in [-0.39, 0.29) is 12.6 Å². The zero-order chi connectivity index (χ0) is 10.4. The number of aryl methyl sites for hydroxylation is 1. The number of hydrogen-bond donors (Lipinski definition) is 2. The summed E-state index contributed by atoms with van der Waals surface area (Å²) < 4.78 is 2.09. The molecule has 0 aliphatic carbocycles. The lowest BCUT2D eigenvalue weighted by molar-refractivity contribution is 0.237. The number of nitrogens with one attached hydrogen (secondary N) is 1. The van der Waals surface area contributed by atoms with Crippen LogP contribution in [0.15, 0.2) is 12.5 Å². The molecule has 0 aliphatic rings. The third-order valence-corrected chi connectivity index (χ3v) is 2.42. The predicted octanol–water partition coefficient (Wildman–Crippen LogP) is 0.763. The van der Waals surface area contributed by atoms with Crippen molar-refractivity contribution in [2.75, 3.05) is 6.61 Å². The highest BCUT2D eigenvalue weighted by Gasteiger charge is 2.05. The molecule has 0 radical (unpaired) electrons. The largest absolute Gasteiger partial charge is 0.395 e. The average Bonchev–Trinajstić information content (AvgIpc) is 2.67. The van der Waals surface area contributed by atoms with E-state index in [4.69, 9.17) is 5.11 Å². The Balaban J connectivity index is 2.44. The summed E-state index contributed by atoms with van der Waals surface area (Å²) in [6, 6.07) is 0.190. The Labute approximate surface area is 85.0 Å². The van der Waals surface area contributed by atoms with Gasteiger partial charge >= 0.3 is 0 Å². The first kappa shape index (κ1) is 11.2. The molecule has 1 heterocycles. The van der Waals surface area contributed by atoms with Gasteiger partial charge in [0.15, 0.2) is 0 Å². The zero-order valence-electron chi connectivity index (χ0n) is 8.90. The molecule has 2 N–H and O–H groups in total. The topological polar surface area (TPSA) is 50.1 Å². The Morgan fingerprint density at radius 1 is 1.57 bits per heavy atom. The van der Waals surface area contributed by atoms with Crippen LogP contribution in [0, 0.1) is 0 Å². The molecule has 0 unspecified atom stereocenters. The first-order valence-electron chi connectivity index (χ1n) is 5.15. The zero-order valence-corrected chi connectivity index (χ0v) is 8.90. The number of aromatic nitrogens is 2. The van der Waals surface area contributed by atoms with Crippen LogP contribution < -0.4 is 5.32 Å². The second-order valence-electron chi connectivity index (χ2n) is 3.34. The molecule has 0 bridgehead atoms. The van der Waals surface area contributed by atoms with Gasteiger partial charge in [-0.15, -0.1) is 0 Å². The lowest BCUT2D eigenvalue weighted by Crippen LogP contribution is -2.31. The maximum absolute atomic E-state index is 9.00. The van der Waals surface area contributed by atoms with E-state index in [1.54, 1.807) is 0 Å². The number of imidazole rings is 1. The third-order valence-electron chi connectivity index (χ3n) is 2.42. The summed E-state index contributed by atoms with van der Waals surface area (Å²) in [5.41, 5.74) is 1.17. The Morgan fingerprint density at radius 2 is 2.36 bits per heavy atom. The van der Waals surface area contributed by atoms with Crippen LogP contribution in [0.2, 0.25) is 0 Å². The highest BCUT2D eigenvalue weighted by Crippen LogP contribution is 2.00. The van der Waals surface area contributed by atoms with E-state index in [1.165, 1.54) is 5.69 Å². The molecule has 0 saturated heterocycles. The van der Waals surface area contributed by atoms with E-state index in [0.717, 1.165) is 19.5 Å². The van der Waals surface area contributed by atoms with Gasteiger partial charge in [0.1, 0.15) is 0 Å². The molecule has 0 amide bonds. The molecule has 0 spiro atoms. The van der Waals surface area contributed by atoms with E-state index in [2.05, 4.69) is 28.7 Å². The van der Waals surface area contributed by atoms with Gasteiger partial charge in [0.25, 0.3) is 0 Å². The van der Waals surface area contributed by atoms with Crippen LogP contribution in [0.25, 0.3) is 0 Å². The van der Waals surface area contributed by atoms with E-state index in [9.17, 15) is 0 Å². The van der Waals surface area contributed by atoms with Gasteiger partial charge in [-0.05, 0) is 13.3 Å². The maximum Gasteiger partial charge on any atom is 0.0948 e. The highest BCUT2D eigenvalue weighted by atomic mass is 16.3. The van der Waals surface area contributed by atoms with Crippen LogP contribution in [-0.4, -0.2) is 27.3 Å². The van der Waals surface area contributed by atoms with Crippen molar-refractivity contribution in [2.24, 2.45) is 0 Å². The third kappa shape index (κ3) is 2.82. The van der Waals surface area contributed by atoms with Gasteiger partial charge in [-0.3, -0.25) is 0 Å². The molecule has 0 aromatic carbocycles. The van der Waals surface area contributed by atoms with E-state index < -0.39 is 0 Å². The van der Waals surface area contributed by atoms with E-state index >= 15 is 0 Å². The molecular weight excluding hydrogens is 178 g/mol. The molecule has 0 aliphatic heterocycles. The molecule has 14 heavy (non-hydrogen) atoms. The summed E-state index contributed by atoms with van der Waals surface area (Å²) in [6.07, 6.45) is 4.63. The SMILES string of the molecule is CC[C@@H](CO)NCc1cncn1CC. The van der Waals surface area contributed by atoms with Crippen molar-refractivity contribution in [3.8, 4) is 0 Å². The lowest BCUT2D eigenvalue weighted by atomic mass is 10.2. The maximum atomic E-state index is 9.00. The van der Waals surface area contributed by atoms with Crippen molar-refractivity contribution in [2.45, 2.75) is 39.4 Å². The van der Waals surface area contributed by atoms with Gasteiger partial charge in [-0.25, -0.2) is 4.98 Å². The molecule has 1 aromatic heterocycles. The van der Waals surface area contributed by atoms with Crippen LogP contribution in [0.4, 0.5) is 0 Å². The minimum atomic E-state index is 0.190. The molecule has 1 rings (SSSR count). The number of aliphatic hydroxyl groups excluding tert-OH is 1. The lowest BCUT2D eigenvalue weighted by Gasteiger charge is -2.14. The summed E-state index contributed by atoms with van der Waals surface area (Å²) >= 11 is 0. The first-order valence-corrected chi connectivity index (χ1v) is 5.15. The molecule has 4 nitrogen and oxygen atoms in total. The van der Waals surface area contributed by atoms with E-state index in [1.807, 2.05) is 12.5 Å². The second kappa shape index (κ2) is 5.78. The fraction of sp³-hybridized carbons (Fsp3) is 0.700. The Kier molecular flexibility index (Phi) is 4.62. The standard InChI is InChI=1S/C10H19N3O/c1-3-9(7-14)12-6-10-5-11-8-13(10)4-2/h5,8-9,12,14H,3-4,6-7H2,1-2H3/t9-/m0/s1. The first-order chi connectivity index (χ1) is 6.81. The molecule has 1 aromatic rings. The smallest absolute Gasteiger partial charge is 0.0948 e. The summed E-state index contributed by atoms with van der Waals surface area (Å²) in [7, 11) is 0. The summed E-state index contributed by atoms with van der Waals surface area (Å²) in [4.78, 5) is 4.08. The monoisotopic (exact) mass is 197 g/mol. The normalized spacial score (nSPS) is 13.1. The molecule has 0 fully saturated rings. The summed E-state index contributed by atoms with van der Waals surface area (Å²) in [6.45, 7) is 6.05. The molecule has 0 saturated carbocycles. The fourth-order valence-corrected chi connectivity index (χ4v) is 1.37. The fourth-order valence-electron chi connectivity index (χ4n) is 1.37. The van der Waals surface area contributed by atoms with Gasteiger partial charge in [0, 0.05) is 25.3 Å². The van der Waals surface area contributed by atoms with Crippen molar-refractivity contribution < 1.29 is 5.11 Å². The predicted molar refractivity (Wildman–Crippen MR) is 55.9 cm³/mol. The second-order valence-corrected chi connectivity index (χ2v) is 3.34. The Bertz CT molecular complexity index is 256. The van der Waals surface area contributed by atoms with Crippen molar-refractivity contribution >= 4 is 0 Å². The number of aliphatic hydroxyl groups is 1. The van der Waals surface area contributed by atoms with Crippen LogP contribution in [-0.2, 0) is 13.1 Å². The van der Waals surface area contributed by atoms with Gasteiger partial charge in [0.2, 0.25) is 0 Å². The Hall–Kier alpha value is -0.870. The van der Waals surface area contributed by atoms with Crippen LogP contribution in [0.5, 0.6) is 0 Å². The number of hydrogen-bond acceptors (Lipinski definition) is 3. The van der Waals surface area contributed by atoms with Gasteiger partial charge < -0.3 is 15.0 Å². The number of nitrogens with zero attached hydrogens (tertiary/aromatic N) is 2. The van der Waals surface area contributed by atoms with Crippen molar-refractivity contribution in [3.63, 3.8) is 0 Å². The van der Waals surface area contributed by atoms with Crippen molar-refractivity contribution in [1.82, 2.24) is 14.9 Å². The minimum absolute atomic E-state index is 0.190. The molecule has 1 atom stereocenters. The average molecular weight is 197 g/mol. The highest BCUT2D eigenvalue weighted by molar-refractivity contribution is 4.97. The molecule has 80 valence electrons. The summed E-state index contributed by atoms with van der Waals surface area (Å²) in [5.74, 6) is 0. The van der Waals surface area contributed by atoms with Gasteiger partial charge in [0.05, 0.1) is 18.6 Å². The quantitative estimate of drug-likeness (QED) is 0.708. The summed E-state index contributed by atoms with van der Waals surface area (Å²) in [5, 5.41) is 12.3. The molecular formula is C10H19N3O.